The first-order valence-corrected chi connectivity index (χ1v) is 5.59. The first-order valence-electron chi connectivity index (χ1n) is 5.59. The van der Waals surface area contributed by atoms with Crippen LogP contribution in [0.1, 0.15) is 11.1 Å². The summed E-state index contributed by atoms with van der Waals surface area (Å²) < 4.78 is 32.5. The second-order valence-corrected chi connectivity index (χ2v) is 3.87. The molecule has 0 bridgehead atoms. The number of nitrogens with zero attached hydrogens (tertiary/aromatic N) is 1. The maximum atomic E-state index is 13.7. The van der Waals surface area contributed by atoms with Crippen LogP contribution < -0.4 is 10.6 Å². The van der Waals surface area contributed by atoms with E-state index in [1.807, 2.05) is 30.3 Å². The molecule has 0 saturated heterocycles. The lowest BCUT2D eigenvalue weighted by molar-refractivity contribution is 0.274. The van der Waals surface area contributed by atoms with Crippen molar-refractivity contribution in [3.8, 4) is 5.75 Å². The van der Waals surface area contributed by atoms with Gasteiger partial charge in [-0.1, -0.05) is 30.3 Å². The van der Waals surface area contributed by atoms with E-state index in [4.69, 9.17) is 10.6 Å². The van der Waals surface area contributed by atoms with Crippen LogP contribution in [0.3, 0.4) is 0 Å². The number of ether oxygens (including phenoxy) is 1. The Morgan fingerprint density at radius 3 is 2.32 bits per heavy atom. The van der Waals surface area contributed by atoms with E-state index in [-0.39, 0.29) is 12.2 Å². The largest absolute Gasteiger partial charge is 0.483 e. The van der Waals surface area contributed by atoms with Gasteiger partial charge in [-0.25, -0.2) is 8.78 Å². The molecule has 2 aromatic carbocycles. The lowest BCUT2D eigenvalue weighted by atomic mass is 10.2. The van der Waals surface area contributed by atoms with Gasteiger partial charge in [0.05, 0.1) is 6.21 Å². The third kappa shape index (κ3) is 3.28. The first-order chi connectivity index (χ1) is 9.20. The first kappa shape index (κ1) is 13.0. The van der Waals surface area contributed by atoms with Crippen molar-refractivity contribution in [2.75, 3.05) is 0 Å². The molecule has 0 fully saturated rings. The summed E-state index contributed by atoms with van der Waals surface area (Å²) >= 11 is 0. The molecule has 0 aliphatic heterocycles. The third-order valence-electron chi connectivity index (χ3n) is 2.47. The van der Waals surface area contributed by atoms with Gasteiger partial charge in [0.25, 0.3) is 0 Å². The van der Waals surface area contributed by atoms with Gasteiger partial charge in [-0.05, 0) is 17.7 Å². The zero-order chi connectivity index (χ0) is 13.7. The number of halogens is 2. The van der Waals surface area contributed by atoms with Crippen LogP contribution in [-0.2, 0) is 6.61 Å². The van der Waals surface area contributed by atoms with E-state index in [1.54, 1.807) is 0 Å². The highest BCUT2D eigenvalue weighted by molar-refractivity contribution is 5.79. The summed E-state index contributed by atoms with van der Waals surface area (Å²) in [6, 6.07) is 11.3. The van der Waals surface area contributed by atoms with Crippen LogP contribution in [0.15, 0.2) is 47.6 Å². The molecule has 5 heteroatoms. The number of hydrogen-bond acceptors (Lipinski definition) is 3. The highest BCUT2D eigenvalue weighted by Crippen LogP contribution is 2.23. The minimum atomic E-state index is -0.786. The molecule has 2 aromatic rings. The van der Waals surface area contributed by atoms with Gasteiger partial charge in [0.2, 0.25) is 0 Å². The van der Waals surface area contributed by atoms with Crippen molar-refractivity contribution < 1.29 is 13.5 Å². The van der Waals surface area contributed by atoms with Gasteiger partial charge in [-0.3, -0.25) is 0 Å². The Morgan fingerprint density at radius 2 is 1.74 bits per heavy atom. The Morgan fingerprint density at radius 1 is 1.11 bits per heavy atom. The summed E-state index contributed by atoms with van der Waals surface area (Å²) in [4.78, 5) is 0. The van der Waals surface area contributed by atoms with Crippen LogP contribution in [0.25, 0.3) is 0 Å². The molecule has 0 aromatic heterocycles. The van der Waals surface area contributed by atoms with Gasteiger partial charge >= 0.3 is 0 Å². The molecule has 0 heterocycles. The SMILES string of the molecule is NN=Cc1cc(F)c(OCc2ccccc2)c(F)c1. The van der Waals surface area contributed by atoms with Crippen LogP contribution in [0.5, 0.6) is 5.75 Å². The molecule has 0 atom stereocenters. The van der Waals surface area contributed by atoms with Crippen LogP contribution in [-0.4, -0.2) is 6.21 Å². The summed E-state index contributed by atoms with van der Waals surface area (Å²) in [7, 11) is 0. The van der Waals surface area contributed by atoms with E-state index < -0.39 is 17.4 Å². The average Bonchev–Trinajstić information content (AvgIpc) is 2.39. The molecule has 3 nitrogen and oxygen atoms in total. The van der Waals surface area contributed by atoms with Crippen molar-refractivity contribution in [3.05, 3.63) is 65.2 Å². The van der Waals surface area contributed by atoms with Gasteiger partial charge in [0, 0.05) is 5.56 Å². The molecule has 0 aliphatic carbocycles. The zero-order valence-corrected chi connectivity index (χ0v) is 10.0. The van der Waals surface area contributed by atoms with E-state index in [0.717, 1.165) is 23.9 Å². The molecule has 0 saturated carbocycles. The number of nitrogens with two attached hydrogens (primary N) is 1. The molecule has 0 unspecified atom stereocenters. The highest BCUT2D eigenvalue weighted by atomic mass is 19.1. The molecule has 2 N–H and O–H groups in total. The minimum absolute atomic E-state index is 0.0962. The molecule has 19 heavy (non-hydrogen) atoms. The maximum Gasteiger partial charge on any atom is 0.191 e. The van der Waals surface area contributed by atoms with Crippen molar-refractivity contribution in [1.29, 1.82) is 0 Å². The van der Waals surface area contributed by atoms with Crippen LogP contribution in [0, 0.1) is 11.6 Å². The van der Waals surface area contributed by atoms with Gasteiger partial charge in [0.15, 0.2) is 17.4 Å². The Bertz CT molecular complexity index is 562. The van der Waals surface area contributed by atoms with Crippen molar-refractivity contribution in [1.82, 2.24) is 0 Å². The second kappa shape index (κ2) is 5.95. The average molecular weight is 262 g/mol. The lowest BCUT2D eigenvalue weighted by Gasteiger charge is -2.09. The number of hydrogen-bond donors (Lipinski definition) is 1. The standard InChI is InChI=1S/C14H12F2N2O/c15-12-6-11(8-18-17)7-13(16)14(12)19-9-10-4-2-1-3-5-10/h1-8H,9,17H2. The summed E-state index contributed by atoms with van der Waals surface area (Å²) in [5.41, 5.74) is 1.07. The van der Waals surface area contributed by atoms with E-state index in [1.165, 1.54) is 0 Å². The van der Waals surface area contributed by atoms with Crippen LogP contribution in [0.4, 0.5) is 8.78 Å². The predicted octanol–water partition coefficient (Wildman–Crippen LogP) is 2.84. The Balaban J connectivity index is 2.17. The smallest absolute Gasteiger partial charge is 0.191 e. The number of hydrazone groups is 1. The number of rotatable bonds is 4. The van der Waals surface area contributed by atoms with Crippen LogP contribution >= 0.6 is 0 Å². The molecule has 98 valence electrons. The van der Waals surface area contributed by atoms with E-state index >= 15 is 0 Å². The van der Waals surface area contributed by atoms with Gasteiger partial charge in [0.1, 0.15) is 6.61 Å². The molecular weight excluding hydrogens is 250 g/mol. The normalized spacial score (nSPS) is 10.8. The molecule has 0 spiro atoms. The van der Waals surface area contributed by atoms with Crippen molar-refractivity contribution in [2.45, 2.75) is 6.61 Å². The minimum Gasteiger partial charge on any atom is -0.483 e. The zero-order valence-electron chi connectivity index (χ0n) is 10.0. The van der Waals surface area contributed by atoms with Crippen molar-refractivity contribution in [3.63, 3.8) is 0 Å². The predicted molar refractivity (Wildman–Crippen MR) is 68.9 cm³/mol. The quantitative estimate of drug-likeness (QED) is 0.523. The molecule has 2 rings (SSSR count). The van der Waals surface area contributed by atoms with Crippen molar-refractivity contribution in [2.24, 2.45) is 10.9 Å². The molecule has 0 aliphatic rings. The molecular formula is C14H12F2N2O. The number of benzene rings is 2. The van der Waals surface area contributed by atoms with E-state index in [9.17, 15) is 8.78 Å². The monoisotopic (exact) mass is 262 g/mol. The van der Waals surface area contributed by atoms with Gasteiger partial charge < -0.3 is 10.6 Å². The van der Waals surface area contributed by atoms with Gasteiger partial charge in [-0.2, -0.15) is 5.10 Å². The van der Waals surface area contributed by atoms with E-state index in [0.29, 0.717) is 0 Å². The van der Waals surface area contributed by atoms with E-state index in [2.05, 4.69) is 5.10 Å². The third-order valence-corrected chi connectivity index (χ3v) is 2.47. The highest BCUT2D eigenvalue weighted by Gasteiger charge is 2.12. The topological polar surface area (TPSA) is 47.6 Å². The molecule has 0 amide bonds. The fraction of sp³-hybridized carbons (Fsp3) is 0.0714. The maximum absolute atomic E-state index is 13.7. The van der Waals surface area contributed by atoms with Gasteiger partial charge in [-0.15, -0.1) is 0 Å². The Labute approximate surface area is 109 Å². The Kier molecular flexibility index (Phi) is 4.07. The van der Waals surface area contributed by atoms with Crippen LogP contribution in [0.2, 0.25) is 0 Å². The second-order valence-electron chi connectivity index (χ2n) is 3.87. The fourth-order valence-corrected chi connectivity index (χ4v) is 1.61. The van der Waals surface area contributed by atoms with Crippen molar-refractivity contribution >= 4 is 6.21 Å². The Hall–Kier alpha value is -2.43. The summed E-state index contributed by atoms with van der Waals surface area (Å²) in [6.45, 7) is 0.0962. The summed E-state index contributed by atoms with van der Waals surface area (Å²) in [6.07, 6.45) is 1.16. The lowest BCUT2D eigenvalue weighted by Crippen LogP contribution is -2.01. The molecule has 0 radical (unpaired) electrons. The summed E-state index contributed by atoms with van der Waals surface area (Å²) in [5.74, 6) is 2.95. The summed E-state index contributed by atoms with van der Waals surface area (Å²) in [5, 5.41) is 3.21. The fourth-order valence-electron chi connectivity index (χ4n) is 1.61.